The summed E-state index contributed by atoms with van der Waals surface area (Å²) < 4.78 is 0.747. The number of rotatable bonds is 5. The summed E-state index contributed by atoms with van der Waals surface area (Å²) in [6.45, 7) is -0.121. The molecule has 5 heteroatoms. The Morgan fingerprint density at radius 1 is 1.24 bits per heavy atom. The van der Waals surface area contributed by atoms with Crippen LogP contribution in [0.5, 0.6) is 0 Å². The van der Waals surface area contributed by atoms with E-state index in [4.69, 9.17) is 5.73 Å². The van der Waals surface area contributed by atoms with Crippen LogP contribution in [-0.4, -0.2) is 23.7 Å². The van der Waals surface area contributed by atoms with Gasteiger partial charge in [0.15, 0.2) is 0 Å². The van der Waals surface area contributed by atoms with Gasteiger partial charge in [-0.05, 0) is 30.2 Å². The zero-order chi connectivity index (χ0) is 15.2. The number of hydrogen-bond acceptors (Lipinski definition) is 3. The van der Waals surface area contributed by atoms with E-state index in [1.807, 2.05) is 30.3 Å². The highest BCUT2D eigenvalue weighted by molar-refractivity contribution is 9.10. The maximum absolute atomic E-state index is 12.2. The number of benzene rings is 2. The Morgan fingerprint density at radius 2 is 1.95 bits per heavy atom. The number of aliphatic hydroxyl groups excluding tert-OH is 1. The zero-order valence-corrected chi connectivity index (χ0v) is 13.0. The lowest BCUT2D eigenvalue weighted by atomic mass is 10.1. The van der Waals surface area contributed by atoms with Crippen LogP contribution in [0.15, 0.2) is 53.0 Å². The highest BCUT2D eigenvalue weighted by atomic mass is 79.9. The van der Waals surface area contributed by atoms with Gasteiger partial charge in [-0.3, -0.25) is 4.79 Å². The van der Waals surface area contributed by atoms with Crippen LogP contribution in [0.25, 0.3) is 0 Å². The van der Waals surface area contributed by atoms with Crippen molar-refractivity contribution in [3.05, 3.63) is 64.1 Å². The summed E-state index contributed by atoms with van der Waals surface area (Å²) in [5.74, 6) is -0.252. The van der Waals surface area contributed by atoms with Crippen LogP contribution in [0.1, 0.15) is 15.9 Å². The molecule has 2 aromatic carbocycles. The Balaban J connectivity index is 2.05. The predicted octanol–water partition coefficient (Wildman–Crippen LogP) is 2.36. The molecule has 0 unspecified atom stereocenters. The molecule has 110 valence electrons. The van der Waals surface area contributed by atoms with Gasteiger partial charge in [-0.15, -0.1) is 0 Å². The lowest BCUT2D eigenvalue weighted by Gasteiger charge is -2.16. The van der Waals surface area contributed by atoms with Crippen LogP contribution in [0, 0.1) is 0 Å². The molecule has 0 heterocycles. The van der Waals surface area contributed by atoms with E-state index in [9.17, 15) is 9.90 Å². The summed E-state index contributed by atoms with van der Waals surface area (Å²) >= 11 is 3.31. The molecule has 0 fully saturated rings. The zero-order valence-electron chi connectivity index (χ0n) is 11.4. The summed E-state index contributed by atoms with van der Waals surface area (Å²) in [6, 6.07) is 14.4. The van der Waals surface area contributed by atoms with Gasteiger partial charge in [0.25, 0.3) is 5.91 Å². The van der Waals surface area contributed by atoms with Gasteiger partial charge in [0, 0.05) is 15.7 Å². The number of nitrogen functional groups attached to an aromatic ring is 1. The summed E-state index contributed by atoms with van der Waals surface area (Å²) in [4.78, 5) is 12.2. The highest BCUT2D eigenvalue weighted by Crippen LogP contribution is 2.17. The van der Waals surface area contributed by atoms with E-state index in [-0.39, 0.29) is 18.6 Å². The van der Waals surface area contributed by atoms with Gasteiger partial charge in [-0.2, -0.15) is 0 Å². The standard InChI is InChI=1S/C16H17BrN2O2/c17-13-7-12(8-14(18)9-13)16(21)19-15(10-20)6-11-4-2-1-3-5-11/h1-5,7-9,15,20H,6,10,18H2,(H,19,21)/t15-/m1/s1. The van der Waals surface area contributed by atoms with Gasteiger partial charge in [0.2, 0.25) is 0 Å². The van der Waals surface area contributed by atoms with Gasteiger partial charge >= 0.3 is 0 Å². The van der Waals surface area contributed by atoms with E-state index in [0.29, 0.717) is 17.7 Å². The Labute approximate surface area is 132 Å². The maximum atomic E-state index is 12.2. The summed E-state index contributed by atoms with van der Waals surface area (Å²) in [7, 11) is 0. The monoisotopic (exact) mass is 348 g/mol. The summed E-state index contributed by atoms with van der Waals surface area (Å²) in [5.41, 5.74) is 7.76. The van der Waals surface area contributed by atoms with Crippen molar-refractivity contribution >= 4 is 27.5 Å². The highest BCUT2D eigenvalue weighted by Gasteiger charge is 2.14. The Bertz CT molecular complexity index is 597. The molecule has 2 rings (SSSR count). The van der Waals surface area contributed by atoms with E-state index in [0.717, 1.165) is 10.0 Å². The Kier molecular flexibility index (Phi) is 5.36. The lowest BCUT2D eigenvalue weighted by molar-refractivity contribution is 0.0916. The average molecular weight is 349 g/mol. The number of hydrogen-bond donors (Lipinski definition) is 3. The van der Waals surface area contributed by atoms with E-state index in [1.165, 1.54) is 0 Å². The molecule has 0 spiro atoms. The van der Waals surface area contributed by atoms with Crippen LogP contribution in [-0.2, 0) is 6.42 Å². The molecule has 0 aliphatic heterocycles. The predicted molar refractivity (Wildman–Crippen MR) is 87.0 cm³/mol. The summed E-state index contributed by atoms with van der Waals surface area (Å²) in [6.07, 6.45) is 0.576. The number of carbonyl (C=O) groups is 1. The minimum Gasteiger partial charge on any atom is -0.399 e. The number of nitrogens with two attached hydrogens (primary N) is 1. The Morgan fingerprint density at radius 3 is 2.57 bits per heavy atom. The van der Waals surface area contributed by atoms with Crippen molar-refractivity contribution in [2.24, 2.45) is 0 Å². The van der Waals surface area contributed by atoms with E-state index in [1.54, 1.807) is 18.2 Å². The van der Waals surface area contributed by atoms with Crippen LogP contribution >= 0.6 is 15.9 Å². The van der Waals surface area contributed by atoms with E-state index in [2.05, 4.69) is 21.2 Å². The molecule has 2 aromatic rings. The van der Waals surface area contributed by atoms with Crippen molar-refractivity contribution in [3.8, 4) is 0 Å². The van der Waals surface area contributed by atoms with Gasteiger partial charge in [-0.25, -0.2) is 0 Å². The normalized spacial score (nSPS) is 11.9. The smallest absolute Gasteiger partial charge is 0.251 e. The van der Waals surface area contributed by atoms with Crippen molar-refractivity contribution in [3.63, 3.8) is 0 Å². The fraction of sp³-hybridized carbons (Fsp3) is 0.188. The minimum atomic E-state index is -0.333. The molecule has 0 radical (unpaired) electrons. The first-order valence-corrected chi connectivity index (χ1v) is 7.39. The topological polar surface area (TPSA) is 75.4 Å². The number of anilines is 1. The third kappa shape index (κ3) is 4.58. The molecule has 1 amide bonds. The maximum Gasteiger partial charge on any atom is 0.251 e. The molecular formula is C16H17BrN2O2. The van der Waals surface area contributed by atoms with Gasteiger partial charge < -0.3 is 16.2 Å². The molecule has 0 aromatic heterocycles. The first-order valence-electron chi connectivity index (χ1n) is 6.60. The van der Waals surface area contributed by atoms with Crippen molar-refractivity contribution in [1.29, 1.82) is 0 Å². The van der Waals surface area contributed by atoms with Crippen molar-refractivity contribution in [2.45, 2.75) is 12.5 Å². The first kappa shape index (κ1) is 15.5. The SMILES string of the molecule is Nc1cc(Br)cc(C(=O)N[C@@H](CO)Cc2ccccc2)c1. The Hall–Kier alpha value is -1.85. The fourth-order valence-electron chi connectivity index (χ4n) is 2.07. The van der Waals surface area contributed by atoms with Crippen molar-refractivity contribution in [2.75, 3.05) is 12.3 Å². The molecule has 21 heavy (non-hydrogen) atoms. The van der Waals surface area contributed by atoms with Crippen LogP contribution in [0.3, 0.4) is 0 Å². The second-order valence-corrected chi connectivity index (χ2v) is 5.73. The average Bonchev–Trinajstić information content (AvgIpc) is 2.46. The van der Waals surface area contributed by atoms with Crippen LogP contribution < -0.4 is 11.1 Å². The number of nitrogens with one attached hydrogen (secondary N) is 1. The van der Waals surface area contributed by atoms with Crippen molar-refractivity contribution < 1.29 is 9.90 Å². The van der Waals surface area contributed by atoms with Crippen LogP contribution in [0.4, 0.5) is 5.69 Å². The third-order valence-corrected chi connectivity index (χ3v) is 3.52. The van der Waals surface area contributed by atoms with E-state index < -0.39 is 0 Å². The van der Waals surface area contributed by atoms with Gasteiger partial charge in [0.05, 0.1) is 12.6 Å². The van der Waals surface area contributed by atoms with Gasteiger partial charge in [-0.1, -0.05) is 46.3 Å². The molecular weight excluding hydrogens is 332 g/mol. The second kappa shape index (κ2) is 7.24. The third-order valence-electron chi connectivity index (χ3n) is 3.06. The molecule has 4 N–H and O–H groups in total. The second-order valence-electron chi connectivity index (χ2n) is 4.82. The number of amides is 1. The quantitative estimate of drug-likeness (QED) is 0.726. The lowest BCUT2D eigenvalue weighted by Crippen LogP contribution is -2.39. The molecule has 0 bridgehead atoms. The molecule has 4 nitrogen and oxygen atoms in total. The number of carbonyl (C=O) groups excluding carboxylic acids is 1. The summed E-state index contributed by atoms with van der Waals surface area (Å²) in [5, 5.41) is 12.3. The largest absolute Gasteiger partial charge is 0.399 e. The van der Waals surface area contributed by atoms with E-state index >= 15 is 0 Å². The van der Waals surface area contributed by atoms with Crippen LogP contribution in [0.2, 0.25) is 0 Å². The van der Waals surface area contributed by atoms with Gasteiger partial charge in [0.1, 0.15) is 0 Å². The fourth-order valence-corrected chi connectivity index (χ4v) is 2.58. The molecule has 0 saturated carbocycles. The minimum absolute atomic E-state index is 0.121. The molecule has 0 saturated heterocycles. The molecule has 0 aliphatic rings. The first-order chi connectivity index (χ1) is 10.1. The number of halogens is 1. The van der Waals surface area contributed by atoms with Crippen molar-refractivity contribution in [1.82, 2.24) is 5.32 Å². The number of aliphatic hydroxyl groups is 1. The molecule has 1 atom stereocenters. The molecule has 0 aliphatic carbocycles.